The van der Waals surface area contributed by atoms with Crippen LogP contribution in [0.3, 0.4) is 0 Å². The Morgan fingerprint density at radius 3 is 3.00 bits per heavy atom. The van der Waals surface area contributed by atoms with Gasteiger partial charge in [-0.3, -0.25) is 4.79 Å². The lowest BCUT2D eigenvalue weighted by Gasteiger charge is -1.92. The highest BCUT2D eigenvalue weighted by atomic mass is 16.1. The average Bonchev–Trinajstić information content (AvgIpc) is 2.37. The molecule has 1 heteroatoms. The minimum atomic E-state index is 0.383. The van der Waals surface area contributed by atoms with E-state index in [-0.39, 0.29) is 0 Å². The first kappa shape index (κ1) is 8.33. The van der Waals surface area contributed by atoms with Gasteiger partial charge >= 0.3 is 0 Å². The summed E-state index contributed by atoms with van der Waals surface area (Å²) >= 11 is 0. The van der Waals surface area contributed by atoms with Crippen molar-refractivity contribution in [1.29, 1.82) is 0 Å². The Bertz CT molecular complexity index is 195. The fourth-order valence-corrected chi connectivity index (χ4v) is 1.28. The highest BCUT2D eigenvalue weighted by Gasteiger charge is 2.19. The van der Waals surface area contributed by atoms with E-state index in [0.29, 0.717) is 18.1 Å². The first-order valence-corrected chi connectivity index (χ1v) is 4.33. The van der Waals surface area contributed by atoms with E-state index in [9.17, 15) is 4.79 Å². The van der Waals surface area contributed by atoms with Gasteiger partial charge in [-0.05, 0) is 12.8 Å². The second-order valence-electron chi connectivity index (χ2n) is 3.05. The zero-order valence-electron chi connectivity index (χ0n) is 7.02. The SMILES string of the molecule is CCCC#CC1CCC(=O)C1. The molecule has 0 radical (unpaired) electrons. The van der Waals surface area contributed by atoms with Crippen molar-refractivity contribution >= 4 is 5.78 Å². The molecule has 0 bridgehead atoms. The van der Waals surface area contributed by atoms with Crippen LogP contribution in [0.1, 0.15) is 39.0 Å². The summed E-state index contributed by atoms with van der Waals surface area (Å²) < 4.78 is 0. The third kappa shape index (κ3) is 2.76. The van der Waals surface area contributed by atoms with Crippen LogP contribution in [-0.4, -0.2) is 5.78 Å². The summed E-state index contributed by atoms with van der Waals surface area (Å²) in [7, 11) is 0. The summed E-state index contributed by atoms with van der Waals surface area (Å²) in [6.45, 7) is 2.12. The molecule has 1 aliphatic carbocycles. The quantitative estimate of drug-likeness (QED) is 0.523. The number of carbonyl (C=O) groups excluding carboxylic acids is 1. The normalized spacial score (nSPS) is 23.0. The van der Waals surface area contributed by atoms with Gasteiger partial charge in [-0.15, -0.1) is 5.92 Å². The predicted molar refractivity (Wildman–Crippen MR) is 45.0 cm³/mol. The van der Waals surface area contributed by atoms with Gasteiger partial charge in [0.1, 0.15) is 5.78 Å². The van der Waals surface area contributed by atoms with E-state index >= 15 is 0 Å². The molecule has 1 atom stereocenters. The van der Waals surface area contributed by atoms with Gasteiger partial charge in [0.05, 0.1) is 0 Å². The van der Waals surface area contributed by atoms with Crippen molar-refractivity contribution in [3.05, 3.63) is 0 Å². The molecule has 1 rings (SSSR count). The van der Waals surface area contributed by atoms with Crippen molar-refractivity contribution in [2.24, 2.45) is 5.92 Å². The maximum Gasteiger partial charge on any atom is 0.134 e. The second kappa shape index (κ2) is 4.18. The average molecular weight is 150 g/mol. The summed E-state index contributed by atoms with van der Waals surface area (Å²) in [4.78, 5) is 10.8. The highest BCUT2D eigenvalue weighted by molar-refractivity contribution is 5.81. The van der Waals surface area contributed by atoms with Gasteiger partial charge in [-0.2, -0.15) is 0 Å². The van der Waals surface area contributed by atoms with Crippen LogP contribution in [0.2, 0.25) is 0 Å². The summed E-state index contributed by atoms with van der Waals surface area (Å²) in [5.74, 6) is 7.01. The molecule has 0 spiro atoms. The number of hydrogen-bond acceptors (Lipinski definition) is 1. The number of rotatable bonds is 1. The van der Waals surface area contributed by atoms with Crippen molar-refractivity contribution in [2.75, 3.05) is 0 Å². The van der Waals surface area contributed by atoms with Gasteiger partial charge in [0.25, 0.3) is 0 Å². The zero-order valence-corrected chi connectivity index (χ0v) is 7.02. The Morgan fingerprint density at radius 1 is 1.64 bits per heavy atom. The van der Waals surface area contributed by atoms with Crippen LogP contribution in [0.25, 0.3) is 0 Å². The van der Waals surface area contributed by atoms with Crippen LogP contribution in [0.15, 0.2) is 0 Å². The number of unbranched alkanes of at least 4 members (excludes halogenated alkanes) is 1. The minimum Gasteiger partial charge on any atom is -0.300 e. The minimum absolute atomic E-state index is 0.383. The number of hydrogen-bond donors (Lipinski definition) is 0. The first-order valence-electron chi connectivity index (χ1n) is 4.33. The van der Waals surface area contributed by atoms with Crippen molar-refractivity contribution in [3.63, 3.8) is 0 Å². The molecule has 1 fully saturated rings. The molecule has 0 N–H and O–H groups in total. The lowest BCUT2D eigenvalue weighted by Crippen LogP contribution is -1.90. The number of carbonyl (C=O) groups is 1. The van der Waals surface area contributed by atoms with E-state index in [0.717, 1.165) is 25.7 Å². The van der Waals surface area contributed by atoms with Gasteiger partial charge in [0, 0.05) is 25.2 Å². The van der Waals surface area contributed by atoms with E-state index in [1.165, 1.54) is 0 Å². The van der Waals surface area contributed by atoms with Crippen LogP contribution in [-0.2, 0) is 4.79 Å². The van der Waals surface area contributed by atoms with E-state index in [2.05, 4.69) is 18.8 Å². The number of ketones is 1. The standard InChI is InChI=1S/C10H14O/c1-2-3-4-5-9-6-7-10(11)8-9/h9H,2-3,6-8H2,1H3. The fourth-order valence-electron chi connectivity index (χ4n) is 1.28. The van der Waals surface area contributed by atoms with Crippen LogP contribution >= 0.6 is 0 Å². The molecule has 11 heavy (non-hydrogen) atoms. The fraction of sp³-hybridized carbons (Fsp3) is 0.700. The molecule has 0 aliphatic heterocycles. The zero-order chi connectivity index (χ0) is 8.10. The van der Waals surface area contributed by atoms with Crippen molar-refractivity contribution in [3.8, 4) is 11.8 Å². The molecule has 1 saturated carbocycles. The molecule has 0 amide bonds. The Labute approximate surface area is 68.2 Å². The van der Waals surface area contributed by atoms with E-state index in [4.69, 9.17) is 0 Å². The molecule has 1 aliphatic rings. The summed E-state index contributed by atoms with van der Waals surface area (Å²) in [5.41, 5.74) is 0. The first-order chi connectivity index (χ1) is 5.33. The predicted octanol–water partition coefficient (Wildman–Crippen LogP) is 2.16. The van der Waals surface area contributed by atoms with E-state index in [1.807, 2.05) is 0 Å². The molecular formula is C10H14O. The van der Waals surface area contributed by atoms with Crippen LogP contribution in [0.5, 0.6) is 0 Å². The van der Waals surface area contributed by atoms with Crippen molar-refractivity contribution in [2.45, 2.75) is 39.0 Å². The molecule has 0 aromatic rings. The molecule has 60 valence electrons. The lowest BCUT2D eigenvalue weighted by atomic mass is 10.1. The largest absolute Gasteiger partial charge is 0.300 e. The molecule has 0 heterocycles. The van der Waals surface area contributed by atoms with Gasteiger partial charge in [0.2, 0.25) is 0 Å². The Kier molecular flexibility index (Phi) is 3.16. The molecular weight excluding hydrogens is 136 g/mol. The maximum atomic E-state index is 10.8. The number of Topliss-reactive ketones (excluding diaryl/α,β-unsaturated/α-hetero) is 1. The summed E-state index contributed by atoms with van der Waals surface area (Å²) in [6.07, 6.45) is 4.55. The van der Waals surface area contributed by atoms with E-state index in [1.54, 1.807) is 0 Å². The molecule has 1 nitrogen and oxygen atoms in total. The van der Waals surface area contributed by atoms with Gasteiger partial charge < -0.3 is 0 Å². The van der Waals surface area contributed by atoms with Gasteiger partial charge in [0.15, 0.2) is 0 Å². The molecule has 1 unspecified atom stereocenters. The second-order valence-corrected chi connectivity index (χ2v) is 3.05. The third-order valence-electron chi connectivity index (χ3n) is 1.93. The van der Waals surface area contributed by atoms with Crippen LogP contribution < -0.4 is 0 Å². The van der Waals surface area contributed by atoms with Crippen molar-refractivity contribution < 1.29 is 4.79 Å². The summed E-state index contributed by atoms with van der Waals surface area (Å²) in [6, 6.07) is 0. The lowest BCUT2D eigenvalue weighted by molar-refractivity contribution is -0.117. The third-order valence-corrected chi connectivity index (χ3v) is 1.93. The molecule has 0 aromatic carbocycles. The Morgan fingerprint density at radius 2 is 2.45 bits per heavy atom. The maximum absolute atomic E-state index is 10.8. The monoisotopic (exact) mass is 150 g/mol. The molecule has 0 saturated heterocycles. The Hall–Kier alpha value is -0.770. The van der Waals surface area contributed by atoms with Crippen LogP contribution in [0.4, 0.5) is 0 Å². The van der Waals surface area contributed by atoms with Crippen molar-refractivity contribution in [1.82, 2.24) is 0 Å². The summed E-state index contributed by atoms with van der Waals surface area (Å²) in [5, 5.41) is 0. The topological polar surface area (TPSA) is 17.1 Å². The molecule has 0 aromatic heterocycles. The smallest absolute Gasteiger partial charge is 0.134 e. The Balaban J connectivity index is 2.29. The van der Waals surface area contributed by atoms with Gasteiger partial charge in [-0.25, -0.2) is 0 Å². The van der Waals surface area contributed by atoms with Crippen LogP contribution in [0, 0.1) is 17.8 Å². The highest BCUT2D eigenvalue weighted by Crippen LogP contribution is 2.20. The van der Waals surface area contributed by atoms with Gasteiger partial charge in [-0.1, -0.05) is 12.8 Å². The van der Waals surface area contributed by atoms with E-state index < -0.39 is 0 Å².